The first-order valence-corrected chi connectivity index (χ1v) is 8.24. The lowest BCUT2D eigenvalue weighted by Gasteiger charge is -2.21. The summed E-state index contributed by atoms with van der Waals surface area (Å²) in [4.78, 5) is 24.9. The number of hydrogen-bond acceptors (Lipinski definition) is 3. The molecule has 0 aliphatic heterocycles. The molecule has 3 atom stereocenters. The molecular weight excluding hydrogens is 300 g/mol. The number of ketones is 1. The predicted molar refractivity (Wildman–Crippen MR) is 90.9 cm³/mol. The molecule has 120 valence electrons. The monoisotopic (exact) mass is 318 g/mol. The van der Waals surface area contributed by atoms with Gasteiger partial charge in [0.2, 0.25) is 0 Å². The van der Waals surface area contributed by atoms with Gasteiger partial charge in [-0.1, -0.05) is 60.7 Å². The minimum atomic E-state index is -0.474. The van der Waals surface area contributed by atoms with Crippen molar-refractivity contribution in [1.29, 1.82) is 0 Å². The molecule has 0 radical (unpaired) electrons. The van der Waals surface area contributed by atoms with Crippen LogP contribution in [0.5, 0.6) is 0 Å². The van der Waals surface area contributed by atoms with Gasteiger partial charge in [0, 0.05) is 16.9 Å². The van der Waals surface area contributed by atoms with E-state index < -0.39 is 5.41 Å². The number of allylic oxidation sites excluding steroid dienone is 2. The summed E-state index contributed by atoms with van der Waals surface area (Å²) in [7, 11) is 0. The van der Waals surface area contributed by atoms with E-state index in [4.69, 9.17) is 4.74 Å². The van der Waals surface area contributed by atoms with E-state index in [1.165, 1.54) is 0 Å². The average molecular weight is 318 g/mol. The molecule has 24 heavy (non-hydrogen) atoms. The molecule has 0 amide bonds. The fourth-order valence-electron chi connectivity index (χ4n) is 4.11. The summed E-state index contributed by atoms with van der Waals surface area (Å²) in [5.74, 6) is -0.480. The lowest BCUT2D eigenvalue weighted by Crippen LogP contribution is -2.21. The molecule has 0 aromatic heterocycles. The molecule has 1 fully saturated rings. The van der Waals surface area contributed by atoms with Gasteiger partial charge >= 0.3 is 5.97 Å². The van der Waals surface area contributed by atoms with E-state index in [1.54, 1.807) is 6.08 Å². The number of ether oxygens (including phenoxy) is 1. The SMILES string of the molecule is CCOC(=O)[C@@H]1[C@@H](c2ccccc2)[C@@]12C=CC(=O)c1ccccc12. The molecule has 2 aromatic rings. The highest BCUT2D eigenvalue weighted by atomic mass is 16.5. The van der Waals surface area contributed by atoms with Crippen molar-refractivity contribution in [2.24, 2.45) is 5.92 Å². The van der Waals surface area contributed by atoms with Gasteiger partial charge in [-0.2, -0.15) is 0 Å². The Bertz CT molecular complexity index is 837. The molecule has 2 aromatic carbocycles. The molecule has 0 unspecified atom stereocenters. The normalized spacial score (nSPS) is 27.0. The van der Waals surface area contributed by atoms with Gasteiger partial charge < -0.3 is 4.74 Å². The highest BCUT2D eigenvalue weighted by Crippen LogP contribution is 2.68. The van der Waals surface area contributed by atoms with Crippen molar-refractivity contribution >= 4 is 11.8 Å². The van der Waals surface area contributed by atoms with Crippen LogP contribution in [0.4, 0.5) is 0 Å². The van der Waals surface area contributed by atoms with Gasteiger partial charge in [0.1, 0.15) is 0 Å². The molecule has 0 N–H and O–H groups in total. The van der Waals surface area contributed by atoms with Gasteiger partial charge in [-0.15, -0.1) is 0 Å². The summed E-state index contributed by atoms with van der Waals surface area (Å²) in [6, 6.07) is 17.6. The summed E-state index contributed by atoms with van der Waals surface area (Å²) in [6.45, 7) is 2.18. The summed E-state index contributed by atoms with van der Waals surface area (Å²) in [5.41, 5.74) is 2.25. The van der Waals surface area contributed by atoms with Crippen molar-refractivity contribution in [3.05, 3.63) is 83.4 Å². The maximum absolute atomic E-state index is 12.6. The van der Waals surface area contributed by atoms with Crippen LogP contribution in [-0.2, 0) is 14.9 Å². The van der Waals surface area contributed by atoms with Crippen LogP contribution in [0.25, 0.3) is 0 Å². The number of hydrogen-bond donors (Lipinski definition) is 0. The van der Waals surface area contributed by atoms with E-state index >= 15 is 0 Å². The molecular formula is C21H18O3. The van der Waals surface area contributed by atoms with E-state index in [-0.39, 0.29) is 23.6 Å². The Morgan fingerprint density at radius 3 is 2.54 bits per heavy atom. The number of rotatable bonds is 3. The predicted octanol–water partition coefficient (Wildman–Crippen LogP) is 3.65. The van der Waals surface area contributed by atoms with Crippen LogP contribution in [-0.4, -0.2) is 18.4 Å². The Balaban J connectivity index is 1.87. The van der Waals surface area contributed by atoms with Crippen LogP contribution in [0.15, 0.2) is 66.7 Å². The van der Waals surface area contributed by atoms with Crippen LogP contribution in [0.1, 0.15) is 34.3 Å². The van der Waals surface area contributed by atoms with Crippen molar-refractivity contribution in [1.82, 2.24) is 0 Å². The maximum Gasteiger partial charge on any atom is 0.310 e. The minimum absolute atomic E-state index is 0.00227. The summed E-state index contributed by atoms with van der Waals surface area (Å²) in [5, 5.41) is 0. The van der Waals surface area contributed by atoms with Gasteiger partial charge in [0.15, 0.2) is 5.78 Å². The Morgan fingerprint density at radius 1 is 1.08 bits per heavy atom. The fraction of sp³-hybridized carbons (Fsp3) is 0.238. The molecule has 3 nitrogen and oxygen atoms in total. The third-order valence-corrected chi connectivity index (χ3v) is 5.12. The van der Waals surface area contributed by atoms with Gasteiger partial charge in [-0.25, -0.2) is 0 Å². The second-order valence-corrected chi connectivity index (χ2v) is 6.29. The lowest BCUT2D eigenvalue weighted by molar-refractivity contribution is -0.145. The van der Waals surface area contributed by atoms with E-state index in [1.807, 2.05) is 67.6 Å². The standard InChI is InChI=1S/C21H18O3/c1-2-24-20(23)19-18(14-8-4-3-5-9-14)21(19)13-12-17(22)15-10-6-7-11-16(15)21/h3-13,18-19H,2H2,1H3/t18-,19+,21+/m1/s1. The largest absolute Gasteiger partial charge is 0.466 e. The number of carbonyl (C=O) groups is 2. The smallest absolute Gasteiger partial charge is 0.310 e. The van der Waals surface area contributed by atoms with Crippen molar-refractivity contribution < 1.29 is 14.3 Å². The van der Waals surface area contributed by atoms with Gasteiger partial charge in [-0.05, 0) is 24.1 Å². The van der Waals surface area contributed by atoms with Crippen molar-refractivity contribution in [3.63, 3.8) is 0 Å². The average Bonchev–Trinajstić information content (AvgIpc) is 3.29. The molecule has 2 aliphatic rings. The fourth-order valence-corrected chi connectivity index (χ4v) is 4.11. The van der Waals surface area contributed by atoms with Gasteiger partial charge in [0.05, 0.1) is 12.5 Å². The number of fused-ring (bicyclic) bond motifs is 2. The van der Waals surface area contributed by atoms with Crippen LogP contribution in [0, 0.1) is 5.92 Å². The Morgan fingerprint density at radius 2 is 1.79 bits per heavy atom. The second kappa shape index (κ2) is 5.45. The highest BCUT2D eigenvalue weighted by Gasteiger charge is 2.70. The van der Waals surface area contributed by atoms with E-state index in [9.17, 15) is 9.59 Å². The first kappa shape index (κ1) is 14.9. The minimum Gasteiger partial charge on any atom is -0.466 e. The zero-order chi connectivity index (χ0) is 16.7. The van der Waals surface area contributed by atoms with Gasteiger partial charge in [-0.3, -0.25) is 9.59 Å². The number of benzene rings is 2. The molecule has 0 bridgehead atoms. The first-order valence-electron chi connectivity index (χ1n) is 8.24. The Hall–Kier alpha value is -2.68. The van der Waals surface area contributed by atoms with Crippen molar-refractivity contribution in [3.8, 4) is 0 Å². The van der Waals surface area contributed by atoms with E-state index in [0.29, 0.717) is 12.2 Å². The second-order valence-electron chi connectivity index (χ2n) is 6.29. The molecule has 1 spiro atoms. The first-order chi connectivity index (χ1) is 11.7. The third kappa shape index (κ3) is 1.97. The topological polar surface area (TPSA) is 43.4 Å². The van der Waals surface area contributed by atoms with Gasteiger partial charge in [0.25, 0.3) is 0 Å². The highest BCUT2D eigenvalue weighted by molar-refractivity contribution is 6.08. The molecule has 1 saturated carbocycles. The van der Waals surface area contributed by atoms with Crippen LogP contribution < -0.4 is 0 Å². The molecule has 0 saturated heterocycles. The summed E-state index contributed by atoms with van der Waals surface area (Å²) < 4.78 is 5.33. The van der Waals surface area contributed by atoms with Crippen molar-refractivity contribution in [2.45, 2.75) is 18.3 Å². The lowest BCUT2D eigenvalue weighted by atomic mass is 9.81. The zero-order valence-corrected chi connectivity index (χ0v) is 13.4. The van der Waals surface area contributed by atoms with Crippen LogP contribution >= 0.6 is 0 Å². The summed E-state index contributed by atoms with van der Waals surface area (Å²) in [6.07, 6.45) is 3.52. The third-order valence-electron chi connectivity index (χ3n) is 5.12. The van der Waals surface area contributed by atoms with E-state index in [0.717, 1.165) is 11.1 Å². The molecule has 3 heteroatoms. The Kier molecular flexibility index (Phi) is 3.38. The Labute approximate surface area is 141 Å². The molecule has 4 rings (SSSR count). The number of esters is 1. The molecule has 0 heterocycles. The number of carbonyl (C=O) groups excluding carboxylic acids is 2. The van der Waals surface area contributed by atoms with Crippen LogP contribution in [0.2, 0.25) is 0 Å². The van der Waals surface area contributed by atoms with E-state index in [2.05, 4.69) is 0 Å². The zero-order valence-electron chi connectivity index (χ0n) is 13.4. The van der Waals surface area contributed by atoms with Crippen molar-refractivity contribution in [2.75, 3.05) is 6.61 Å². The molecule has 2 aliphatic carbocycles. The van der Waals surface area contributed by atoms with Crippen LogP contribution in [0.3, 0.4) is 0 Å². The summed E-state index contributed by atoms with van der Waals surface area (Å²) >= 11 is 0. The quantitative estimate of drug-likeness (QED) is 0.811. The maximum atomic E-state index is 12.6.